The van der Waals surface area contributed by atoms with E-state index in [1.54, 1.807) is 19.1 Å². The number of carbonyl (C=O) groups excluding carboxylic acids is 1. The van der Waals surface area contributed by atoms with Gasteiger partial charge in [-0.2, -0.15) is 0 Å². The number of nitrogens with one attached hydrogen (secondary N) is 1. The molecule has 1 saturated heterocycles. The molecule has 23 heavy (non-hydrogen) atoms. The molecule has 1 N–H and O–H groups in total. The van der Waals surface area contributed by atoms with Gasteiger partial charge >= 0.3 is 0 Å². The first-order valence-electron chi connectivity index (χ1n) is 7.45. The number of hydrogen-bond acceptors (Lipinski definition) is 3. The topological polar surface area (TPSA) is 66.5 Å². The summed E-state index contributed by atoms with van der Waals surface area (Å²) in [5.74, 6) is -0.534. The van der Waals surface area contributed by atoms with Crippen LogP contribution >= 0.6 is 0 Å². The van der Waals surface area contributed by atoms with E-state index in [9.17, 15) is 17.6 Å². The van der Waals surface area contributed by atoms with E-state index >= 15 is 0 Å². The number of hydrogen-bond donors (Lipinski definition) is 1. The molecular formula is C16H21FN2O3S. The molecule has 0 aliphatic carbocycles. The Morgan fingerprint density at radius 3 is 2.35 bits per heavy atom. The number of benzene rings is 1. The quantitative estimate of drug-likeness (QED) is 0.850. The van der Waals surface area contributed by atoms with Crippen molar-refractivity contribution in [3.05, 3.63) is 41.7 Å². The molecule has 0 bridgehead atoms. The lowest BCUT2D eigenvalue weighted by Gasteiger charge is -2.30. The normalized spacial score (nSPS) is 18.0. The summed E-state index contributed by atoms with van der Waals surface area (Å²) in [7, 11) is -3.16. The maximum atomic E-state index is 12.9. The van der Waals surface area contributed by atoms with Gasteiger partial charge in [-0.15, -0.1) is 0 Å². The monoisotopic (exact) mass is 340 g/mol. The average Bonchev–Trinajstić information content (AvgIpc) is 2.47. The standard InChI is InChI=1S/C16H21FN2O3S/c1-12(13-3-5-14(17)6-4-13)11-16(20)18-15-7-9-19(10-8-15)23(2,21)22/h3-6,11,15H,7-10H2,1-2H3,(H,18,20)/b12-11-. The molecule has 0 saturated carbocycles. The van der Waals surface area contributed by atoms with Crippen molar-refractivity contribution in [2.75, 3.05) is 19.3 Å². The van der Waals surface area contributed by atoms with Gasteiger partial charge in [0.25, 0.3) is 0 Å². The molecule has 1 fully saturated rings. The fourth-order valence-electron chi connectivity index (χ4n) is 2.57. The summed E-state index contributed by atoms with van der Waals surface area (Å²) in [6.45, 7) is 2.63. The highest BCUT2D eigenvalue weighted by Crippen LogP contribution is 2.15. The zero-order valence-electron chi connectivity index (χ0n) is 13.3. The minimum Gasteiger partial charge on any atom is -0.350 e. The molecule has 126 valence electrons. The molecule has 1 aromatic carbocycles. The number of allylic oxidation sites excluding steroid dienone is 1. The van der Waals surface area contributed by atoms with Gasteiger partial charge in [0, 0.05) is 25.2 Å². The fourth-order valence-corrected chi connectivity index (χ4v) is 3.44. The Bertz CT molecular complexity index is 691. The van der Waals surface area contributed by atoms with Gasteiger partial charge in [0.2, 0.25) is 15.9 Å². The van der Waals surface area contributed by atoms with Crippen LogP contribution in [0, 0.1) is 5.82 Å². The predicted molar refractivity (Wildman–Crippen MR) is 87.6 cm³/mol. The second-order valence-corrected chi connectivity index (χ2v) is 7.76. The summed E-state index contributed by atoms with van der Waals surface area (Å²) in [5.41, 5.74) is 1.53. The van der Waals surface area contributed by atoms with Crippen molar-refractivity contribution in [3.63, 3.8) is 0 Å². The van der Waals surface area contributed by atoms with Crippen molar-refractivity contribution >= 4 is 21.5 Å². The Labute approximate surface area is 136 Å². The van der Waals surface area contributed by atoms with E-state index in [1.165, 1.54) is 28.8 Å². The van der Waals surface area contributed by atoms with Gasteiger partial charge in [0.1, 0.15) is 5.82 Å². The molecule has 1 aliphatic heterocycles. The van der Waals surface area contributed by atoms with E-state index in [4.69, 9.17) is 0 Å². The molecule has 0 atom stereocenters. The highest BCUT2D eigenvalue weighted by molar-refractivity contribution is 7.88. The number of amides is 1. The maximum Gasteiger partial charge on any atom is 0.244 e. The third-order valence-electron chi connectivity index (χ3n) is 3.92. The average molecular weight is 340 g/mol. The number of nitrogens with zero attached hydrogens (tertiary/aromatic N) is 1. The van der Waals surface area contributed by atoms with Gasteiger partial charge in [0.05, 0.1) is 6.26 Å². The molecule has 0 spiro atoms. The van der Waals surface area contributed by atoms with Crippen LogP contribution in [-0.2, 0) is 14.8 Å². The van der Waals surface area contributed by atoms with E-state index in [-0.39, 0.29) is 17.8 Å². The van der Waals surface area contributed by atoms with E-state index < -0.39 is 10.0 Å². The maximum absolute atomic E-state index is 12.9. The second kappa shape index (κ2) is 7.23. The molecule has 1 amide bonds. The second-order valence-electron chi connectivity index (χ2n) is 5.78. The highest BCUT2D eigenvalue weighted by Gasteiger charge is 2.25. The predicted octanol–water partition coefficient (Wildman–Crippen LogP) is 1.77. The minimum atomic E-state index is -3.16. The van der Waals surface area contributed by atoms with Crippen molar-refractivity contribution in [1.82, 2.24) is 9.62 Å². The van der Waals surface area contributed by atoms with Gasteiger partial charge in [-0.25, -0.2) is 17.1 Å². The van der Waals surface area contributed by atoms with Crippen LogP contribution in [0.2, 0.25) is 0 Å². The third-order valence-corrected chi connectivity index (χ3v) is 5.22. The summed E-state index contributed by atoms with van der Waals surface area (Å²) in [6, 6.07) is 5.92. The first kappa shape index (κ1) is 17.6. The van der Waals surface area contributed by atoms with Gasteiger partial charge < -0.3 is 5.32 Å². The van der Waals surface area contributed by atoms with Crippen LogP contribution in [0.1, 0.15) is 25.3 Å². The molecular weight excluding hydrogens is 319 g/mol. The zero-order chi connectivity index (χ0) is 17.0. The molecule has 1 heterocycles. The molecule has 0 unspecified atom stereocenters. The summed E-state index contributed by atoms with van der Waals surface area (Å²) in [4.78, 5) is 12.0. The largest absolute Gasteiger partial charge is 0.350 e. The van der Waals surface area contributed by atoms with Gasteiger partial charge in [0.15, 0.2) is 0 Å². The Morgan fingerprint density at radius 2 is 1.83 bits per heavy atom. The van der Waals surface area contributed by atoms with Crippen LogP contribution in [0.4, 0.5) is 4.39 Å². The molecule has 5 nitrogen and oxygen atoms in total. The summed E-state index contributed by atoms with van der Waals surface area (Å²) in [5, 5.41) is 2.89. The number of piperidine rings is 1. The van der Waals surface area contributed by atoms with Gasteiger partial charge in [-0.05, 0) is 43.0 Å². The summed E-state index contributed by atoms with van der Waals surface area (Å²) < 4.78 is 37.2. The Hall–Kier alpha value is -1.73. The molecule has 1 aliphatic rings. The van der Waals surface area contributed by atoms with Crippen LogP contribution in [0.3, 0.4) is 0 Å². The van der Waals surface area contributed by atoms with Crippen molar-refractivity contribution in [1.29, 1.82) is 0 Å². The summed E-state index contributed by atoms with van der Waals surface area (Å²) in [6.07, 6.45) is 3.88. The van der Waals surface area contributed by atoms with Gasteiger partial charge in [-0.3, -0.25) is 4.79 Å². The zero-order valence-corrected chi connectivity index (χ0v) is 14.1. The van der Waals surface area contributed by atoms with Crippen molar-refractivity contribution < 1.29 is 17.6 Å². The summed E-state index contributed by atoms with van der Waals surface area (Å²) >= 11 is 0. The molecule has 0 radical (unpaired) electrons. The first-order chi connectivity index (χ1) is 10.8. The molecule has 2 rings (SSSR count). The van der Waals surface area contributed by atoms with Gasteiger partial charge in [-0.1, -0.05) is 12.1 Å². The Balaban J connectivity index is 1.90. The van der Waals surface area contributed by atoms with E-state index in [0.717, 1.165) is 11.1 Å². The lowest BCUT2D eigenvalue weighted by molar-refractivity contribution is -0.117. The third kappa shape index (κ3) is 5.14. The van der Waals surface area contributed by atoms with Crippen LogP contribution in [-0.4, -0.2) is 44.0 Å². The van der Waals surface area contributed by atoms with E-state index in [1.807, 2.05) is 0 Å². The Kier molecular flexibility index (Phi) is 5.54. The van der Waals surface area contributed by atoms with E-state index in [2.05, 4.69) is 5.32 Å². The first-order valence-corrected chi connectivity index (χ1v) is 9.30. The van der Waals surface area contributed by atoms with Crippen molar-refractivity contribution in [2.45, 2.75) is 25.8 Å². The van der Waals surface area contributed by atoms with Crippen LogP contribution in [0.5, 0.6) is 0 Å². The smallest absolute Gasteiger partial charge is 0.244 e. The lowest BCUT2D eigenvalue weighted by atomic mass is 10.1. The molecule has 1 aromatic rings. The molecule has 0 aromatic heterocycles. The fraction of sp³-hybridized carbons (Fsp3) is 0.438. The van der Waals surface area contributed by atoms with E-state index in [0.29, 0.717) is 25.9 Å². The highest BCUT2D eigenvalue weighted by atomic mass is 32.2. The van der Waals surface area contributed by atoms with Crippen molar-refractivity contribution in [2.24, 2.45) is 0 Å². The Morgan fingerprint density at radius 1 is 1.26 bits per heavy atom. The van der Waals surface area contributed by atoms with Crippen molar-refractivity contribution in [3.8, 4) is 0 Å². The minimum absolute atomic E-state index is 0.0298. The number of rotatable bonds is 4. The number of carbonyl (C=O) groups is 1. The lowest BCUT2D eigenvalue weighted by Crippen LogP contribution is -2.45. The SMILES string of the molecule is C/C(=C/C(=O)NC1CCN(S(C)(=O)=O)CC1)c1ccc(F)cc1. The molecule has 7 heteroatoms. The van der Waals surface area contributed by atoms with Crippen LogP contribution < -0.4 is 5.32 Å². The van der Waals surface area contributed by atoms with Crippen LogP contribution in [0.25, 0.3) is 5.57 Å². The number of halogens is 1. The number of sulfonamides is 1. The van der Waals surface area contributed by atoms with Crippen LogP contribution in [0.15, 0.2) is 30.3 Å².